The third-order valence-electron chi connectivity index (χ3n) is 3.18. The first-order chi connectivity index (χ1) is 11.1. The summed E-state index contributed by atoms with van der Waals surface area (Å²) in [6, 6.07) is 3.74. The molecule has 0 bridgehead atoms. The van der Waals surface area contributed by atoms with Gasteiger partial charge in [0.25, 0.3) is 0 Å². The predicted octanol–water partition coefficient (Wildman–Crippen LogP) is 3.40. The second-order valence-electron chi connectivity index (χ2n) is 4.81. The highest BCUT2D eigenvalue weighted by molar-refractivity contribution is 7.90. The van der Waals surface area contributed by atoms with E-state index in [1.807, 2.05) is 0 Å². The Labute approximate surface area is 140 Å². The van der Waals surface area contributed by atoms with E-state index >= 15 is 0 Å². The highest BCUT2D eigenvalue weighted by atomic mass is 35.5. The maximum atomic E-state index is 13.7. The lowest BCUT2D eigenvalue weighted by atomic mass is 10.0. The molecular weight excluding hydrogens is 369 g/mol. The molecule has 0 N–H and O–H groups in total. The number of hydrogen-bond acceptors (Lipinski definition) is 4. The van der Waals surface area contributed by atoms with Crippen molar-refractivity contribution in [2.75, 3.05) is 13.4 Å². The number of rotatable bonds is 4. The van der Waals surface area contributed by atoms with Crippen LogP contribution in [0.25, 0.3) is 0 Å². The van der Waals surface area contributed by atoms with Gasteiger partial charge in [-0.15, -0.1) is 0 Å². The summed E-state index contributed by atoms with van der Waals surface area (Å²) in [4.78, 5) is 12.3. The van der Waals surface area contributed by atoms with Gasteiger partial charge in [-0.2, -0.15) is 4.39 Å². The SMILES string of the molecule is COc1c(C(=O)c2ccc(S(C)(=O)=O)cc2Cl)cc(F)c(F)c1F. The van der Waals surface area contributed by atoms with Crippen molar-refractivity contribution in [3.05, 3.63) is 57.9 Å². The molecule has 0 unspecified atom stereocenters. The Bertz CT molecular complexity index is 942. The molecule has 2 rings (SSSR count). The normalized spacial score (nSPS) is 11.4. The van der Waals surface area contributed by atoms with Gasteiger partial charge >= 0.3 is 0 Å². The second-order valence-corrected chi connectivity index (χ2v) is 7.23. The van der Waals surface area contributed by atoms with Crippen LogP contribution in [0.2, 0.25) is 5.02 Å². The van der Waals surface area contributed by atoms with Crippen molar-refractivity contribution in [3.63, 3.8) is 0 Å². The standard InChI is InChI=1S/C15H10ClF3O4S/c1-23-15-9(6-11(17)12(18)13(15)19)14(20)8-4-3-7(5-10(8)16)24(2,21)22/h3-6H,1-2H3. The van der Waals surface area contributed by atoms with Gasteiger partial charge in [0.2, 0.25) is 5.82 Å². The molecule has 0 fully saturated rings. The molecule has 0 saturated carbocycles. The Morgan fingerprint density at radius 2 is 1.71 bits per heavy atom. The van der Waals surface area contributed by atoms with Crippen LogP contribution in [0, 0.1) is 17.5 Å². The molecule has 24 heavy (non-hydrogen) atoms. The fourth-order valence-electron chi connectivity index (χ4n) is 2.00. The number of ketones is 1. The molecule has 0 atom stereocenters. The number of methoxy groups -OCH3 is 1. The van der Waals surface area contributed by atoms with Gasteiger partial charge in [0, 0.05) is 11.8 Å². The summed E-state index contributed by atoms with van der Waals surface area (Å²) >= 11 is 5.90. The molecule has 4 nitrogen and oxygen atoms in total. The third-order valence-corrected chi connectivity index (χ3v) is 4.60. The van der Waals surface area contributed by atoms with Gasteiger partial charge in [-0.3, -0.25) is 4.79 Å². The number of halogens is 4. The Morgan fingerprint density at radius 3 is 2.21 bits per heavy atom. The monoisotopic (exact) mass is 378 g/mol. The van der Waals surface area contributed by atoms with Crippen LogP contribution in [0.1, 0.15) is 15.9 Å². The molecule has 0 heterocycles. The molecule has 2 aromatic rings. The van der Waals surface area contributed by atoms with Crippen LogP contribution in [0.5, 0.6) is 5.75 Å². The summed E-state index contributed by atoms with van der Waals surface area (Å²) in [6.07, 6.45) is 0.952. The molecule has 2 aromatic carbocycles. The predicted molar refractivity (Wildman–Crippen MR) is 80.9 cm³/mol. The molecule has 0 saturated heterocycles. The van der Waals surface area contributed by atoms with Crippen molar-refractivity contribution in [2.45, 2.75) is 4.90 Å². The lowest BCUT2D eigenvalue weighted by Gasteiger charge is -2.11. The van der Waals surface area contributed by atoms with E-state index in [4.69, 9.17) is 11.6 Å². The highest BCUT2D eigenvalue weighted by Crippen LogP contribution is 2.31. The van der Waals surface area contributed by atoms with Crippen LogP contribution in [-0.4, -0.2) is 27.6 Å². The van der Waals surface area contributed by atoms with E-state index in [2.05, 4.69) is 4.74 Å². The zero-order chi connectivity index (χ0) is 18.2. The summed E-state index contributed by atoms with van der Waals surface area (Å²) in [5.74, 6) is -6.72. The van der Waals surface area contributed by atoms with Crippen LogP contribution in [0.15, 0.2) is 29.2 Å². The molecule has 0 aliphatic rings. The minimum atomic E-state index is -3.55. The molecule has 0 radical (unpaired) electrons. The van der Waals surface area contributed by atoms with Crippen molar-refractivity contribution >= 4 is 27.2 Å². The minimum Gasteiger partial charge on any atom is -0.493 e. The Morgan fingerprint density at radius 1 is 1.08 bits per heavy atom. The average Bonchev–Trinajstić information content (AvgIpc) is 2.50. The zero-order valence-electron chi connectivity index (χ0n) is 12.4. The third kappa shape index (κ3) is 3.25. The molecule has 0 aliphatic heterocycles. The molecule has 0 amide bonds. The van der Waals surface area contributed by atoms with Crippen molar-refractivity contribution in [2.24, 2.45) is 0 Å². The number of hydrogen-bond donors (Lipinski definition) is 0. The summed E-state index contributed by atoms with van der Waals surface area (Å²) in [6.45, 7) is 0. The number of benzene rings is 2. The number of carbonyl (C=O) groups excluding carboxylic acids is 1. The molecule has 9 heteroatoms. The van der Waals surface area contributed by atoms with Gasteiger partial charge in [-0.05, 0) is 24.3 Å². The first-order valence-corrected chi connectivity index (χ1v) is 8.60. The van der Waals surface area contributed by atoms with Gasteiger partial charge in [-0.25, -0.2) is 17.2 Å². The van der Waals surface area contributed by atoms with Gasteiger partial charge in [-0.1, -0.05) is 11.6 Å². The van der Waals surface area contributed by atoms with E-state index < -0.39 is 44.4 Å². The van der Waals surface area contributed by atoms with Crippen molar-refractivity contribution < 1.29 is 31.1 Å². The largest absolute Gasteiger partial charge is 0.493 e. The van der Waals surface area contributed by atoms with E-state index in [-0.39, 0.29) is 15.5 Å². The zero-order valence-corrected chi connectivity index (χ0v) is 13.9. The first-order valence-electron chi connectivity index (χ1n) is 6.33. The maximum Gasteiger partial charge on any atom is 0.204 e. The van der Waals surface area contributed by atoms with Gasteiger partial charge in [0.1, 0.15) is 0 Å². The van der Waals surface area contributed by atoms with Crippen LogP contribution < -0.4 is 4.74 Å². The number of carbonyl (C=O) groups is 1. The lowest BCUT2D eigenvalue weighted by molar-refractivity contribution is 0.103. The van der Waals surface area contributed by atoms with Gasteiger partial charge in [0.05, 0.1) is 22.6 Å². The molecule has 0 spiro atoms. The fourth-order valence-corrected chi connectivity index (χ4v) is 2.98. The highest BCUT2D eigenvalue weighted by Gasteiger charge is 2.26. The molecule has 0 aliphatic carbocycles. The molecule has 0 aromatic heterocycles. The fraction of sp³-hybridized carbons (Fsp3) is 0.133. The van der Waals surface area contributed by atoms with Crippen molar-refractivity contribution in [1.82, 2.24) is 0 Å². The summed E-state index contributed by atoms with van der Waals surface area (Å²) < 4.78 is 67.9. The second kappa shape index (κ2) is 6.45. The van der Waals surface area contributed by atoms with Crippen LogP contribution in [0.4, 0.5) is 13.2 Å². The Balaban J connectivity index is 2.62. The summed E-state index contributed by atoms with van der Waals surface area (Å²) in [5, 5.41) is -0.241. The van der Waals surface area contributed by atoms with E-state index in [1.165, 1.54) is 0 Å². The lowest BCUT2D eigenvalue weighted by Crippen LogP contribution is -2.09. The topological polar surface area (TPSA) is 60.4 Å². The van der Waals surface area contributed by atoms with Crippen molar-refractivity contribution in [3.8, 4) is 5.75 Å². The summed E-state index contributed by atoms with van der Waals surface area (Å²) in [7, 11) is -2.57. The first kappa shape index (κ1) is 18.3. The summed E-state index contributed by atoms with van der Waals surface area (Å²) in [5.41, 5.74) is -0.796. The quantitative estimate of drug-likeness (QED) is 0.604. The van der Waals surface area contributed by atoms with Crippen LogP contribution >= 0.6 is 11.6 Å². The molecular formula is C15H10ClF3O4S. The smallest absolute Gasteiger partial charge is 0.204 e. The minimum absolute atomic E-state index is 0.132. The number of sulfone groups is 1. The van der Waals surface area contributed by atoms with Crippen LogP contribution in [0.3, 0.4) is 0 Å². The van der Waals surface area contributed by atoms with E-state index in [0.29, 0.717) is 6.07 Å². The van der Waals surface area contributed by atoms with Crippen molar-refractivity contribution in [1.29, 1.82) is 0 Å². The Kier molecular flexibility index (Phi) is 4.91. The van der Waals surface area contributed by atoms with Gasteiger partial charge in [0.15, 0.2) is 33.0 Å². The van der Waals surface area contributed by atoms with E-state index in [9.17, 15) is 26.4 Å². The average molecular weight is 379 g/mol. The maximum absolute atomic E-state index is 13.7. The van der Waals surface area contributed by atoms with Gasteiger partial charge < -0.3 is 4.74 Å². The number of ether oxygens (including phenoxy) is 1. The Hall–Kier alpha value is -2.06. The van der Waals surface area contributed by atoms with Crippen LogP contribution in [-0.2, 0) is 9.84 Å². The van der Waals surface area contributed by atoms with E-state index in [1.54, 1.807) is 0 Å². The van der Waals surface area contributed by atoms with E-state index in [0.717, 1.165) is 31.6 Å². The molecule has 128 valence electrons.